The van der Waals surface area contributed by atoms with Gasteiger partial charge in [-0.1, -0.05) is 37.1 Å². The van der Waals surface area contributed by atoms with Gasteiger partial charge in [-0.2, -0.15) is 0 Å². The van der Waals surface area contributed by atoms with Crippen LogP contribution in [0.15, 0.2) is 71.6 Å². The Morgan fingerprint density at radius 2 is 1.66 bits per heavy atom. The molecule has 9 heteroatoms. The highest BCUT2D eigenvalue weighted by Gasteiger charge is 2.19. The monoisotopic (exact) mass is 516 g/mol. The van der Waals surface area contributed by atoms with Gasteiger partial charge in [0.1, 0.15) is 11.5 Å². The molecular weight excluding hydrogens is 488 g/mol. The highest BCUT2D eigenvalue weighted by Crippen LogP contribution is 2.25. The average Bonchev–Trinajstić information content (AvgIpc) is 2.85. The van der Waals surface area contributed by atoms with Gasteiger partial charge in [-0.15, -0.1) is 0 Å². The summed E-state index contributed by atoms with van der Waals surface area (Å²) in [7, 11) is -2.35. The fourth-order valence-corrected chi connectivity index (χ4v) is 4.50. The molecule has 3 aromatic rings. The lowest BCUT2D eigenvalue weighted by Gasteiger charge is -2.14. The number of ether oxygens (including phenoxy) is 2. The number of hydrogen-bond donors (Lipinski definition) is 2. The van der Waals surface area contributed by atoms with Gasteiger partial charge in [0.15, 0.2) is 0 Å². The number of sulfonamides is 1. The standard InChI is InChI=1S/C26H29ClN2O5S/c1-3-4-17-34-22-10-12-23(13-11-22)35(31,32)29-25-18-20(27)7-14-24(25)26(30)28-16-15-19-5-8-21(33-2)9-6-19/h5-14,18,29H,3-4,15-17H2,1-2H3,(H,28,30). The smallest absolute Gasteiger partial charge is 0.261 e. The number of amides is 1. The number of halogens is 1. The molecule has 35 heavy (non-hydrogen) atoms. The quantitative estimate of drug-likeness (QED) is 0.318. The summed E-state index contributed by atoms with van der Waals surface area (Å²) in [5.41, 5.74) is 1.31. The Hall–Kier alpha value is -3.23. The Bertz CT molecular complexity index is 1230. The van der Waals surface area contributed by atoms with Crippen LogP contribution in [0.5, 0.6) is 11.5 Å². The second-order valence-electron chi connectivity index (χ2n) is 7.82. The van der Waals surface area contributed by atoms with E-state index in [2.05, 4.69) is 17.0 Å². The average molecular weight is 517 g/mol. The minimum atomic E-state index is -3.95. The molecule has 1 amide bonds. The maximum Gasteiger partial charge on any atom is 0.261 e. The minimum Gasteiger partial charge on any atom is -0.497 e. The first kappa shape index (κ1) is 26.4. The molecule has 0 unspecified atom stereocenters. The highest BCUT2D eigenvalue weighted by molar-refractivity contribution is 7.92. The molecule has 0 heterocycles. The largest absolute Gasteiger partial charge is 0.497 e. The number of benzene rings is 3. The van der Waals surface area contributed by atoms with Gasteiger partial charge in [0.2, 0.25) is 0 Å². The van der Waals surface area contributed by atoms with E-state index in [0.29, 0.717) is 30.3 Å². The first-order valence-corrected chi connectivity index (χ1v) is 13.1. The third kappa shape index (κ3) is 7.63. The molecule has 0 atom stereocenters. The van der Waals surface area contributed by atoms with Crippen LogP contribution in [0.1, 0.15) is 35.7 Å². The molecule has 3 rings (SSSR count). The molecule has 0 fully saturated rings. The Labute approximate surface area is 211 Å². The molecule has 0 saturated carbocycles. The number of rotatable bonds is 12. The molecule has 7 nitrogen and oxygen atoms in total. The third-order valence-corrected chi connectivity index (χ3v) is 6.85. The fraction of sp³-hybridized carbons (Fsp3) is 0.269. The van der Waals surface area contributed by atoms with Crippen molar-refractivity contribution in [1.29, 1.82) is 0 Å². The molecule has 3 aromatic carbocycles. The summed E-state index contributed by atoms with van der Waals surface area (Å²) in [6.45, 7) is 3.01. The Morgan fingerprint density at radius 1 is 0.971 bits per heavy atom. The number of methoxy groups -OCH3 is 1. The summed E-state index contributed by atoms with van der Waals surface area (Å²) in [5.74, 6) is 0.944. The number of carbonyl (C=O) groups is 1. The Kier molecular flexibility index (Phi) is 9.39. The van der Waals surface area contributed by atoms with Gasteiger partial charge in [0, 0.05) is 11.6 Å². The summed E-state index contributed by atoms with van der Waals surface area (Å²) in [4.78, 5) is 12.9. The lowest BCUT2D eigenvalue weighted by molar-refractivity contribution is 0.0955. The lowest BCUT2D eigenvalue weighted by Crippen LogP contribution is -2.27. The number of carbonyl (C=O) groups excluding carboxylic acids is 1. The zero-order valence-electron chi connectivity index (χ0n) is 19.7. The van der Waals surface area contributed by atoms with E-state index in [-0.39, 0.29) is 16.1 Å². The third-order valence-electron chi connectivity index (χ3n) is 5.23. The first-order chi connectivity index (χ1) is 16.8. The van der Waals surface area contributed by atoms with E-state index in [1.165, 1.54) is 24.3 Å². The molecule has 0 saturated heterocycles. The van der Waals surface area contributed by atoms with E-state index in [0.717, 1.165) is 24.2 Å². The van der Waals surface area contributed by atoms with Crippen molar-refractivity contribution in [2.75, 3.05) is 25.0 Å². The van der Waals surface area contributed by atoms with Crippen molar-refractivity contribution in [3.63, 3.8) is 0 Å². The topological polar surface area (TPSA) is 93.7 Å². The van der Waals surface area contributed by atoms with Gasteiger partial charge in [0.25, 0.3) is 15.9 Å². The second kappa shape index (κ2) is 12.5. The predicted molar refractivity (Wildman–Crippen MR) is 138 cm³/mol. The molecule has 0 bridgehead atoms. The number of unbranched alkanes of at least 4 members (excludes halogenated alkanes) is 1. The van der Waals surface area contributed by atoms with Crippen LogP contribution in [0.4, 0.5) is 5.69 Å². The van der Waals surface area contributed by atoms with E-state index in [1.54, 1.807) is 25.3 Å². The molecule has 0 aliphatic carbocycles. The molecule has 0 radical (unpaired) electrons. The predicted octanol–water partition coefficient (Wildman–Crippen LogP) is 5.30. The van der Waals surface area contributed by atoms with E-state index in [9.17, 15) is 13.2 Å². The van der Waals surface area contributed by atoms with Crippen molar-refractivity contribution >= 4 is 33.2 Å². The van der Waals surface area contributed by atoms with Crippen molar-refractivity contribution in [3.05, 3.63) is 82.9 Å². The SMILES string of the molecule is CCCCOc1ccc(S(=O)(=O)Nc2cc(Cl)ccc2C(=O)NCCc2ccc(OC)cc2)cc1. The van der Waals surface area contributed by atoms with E-state index >= 15 is 0 Å². The van der Waals surface area contributed by atoms with Crippen molar-refractivity contribution in [2.24, 2.45) is 0 Å². The van der Waals surface area contributed by atoms with Crippen LogP contribution in [0.2, 0.25) is 5.02 Å². The summed E-state index contributed by atoms with van der Waals surface area (Å²) < 4.78 is 39.2. The summed E-state index contributed by atoms with van der Waals surface area (Å²) >= 11 is 6.09. The number of nitrogens with one attached hydrogen (secondary N) is 2. The Morgan fingerprint density at radius 3 is 2.31 bits per heavy atom. The van der Waals surface area contributed by atoms with Crippen LogP contribution in [-0.4, -0.2) is 34.6 Å². The summed E-state index contributed by atoms with van der Waals surface area (Å²) in [6, 6.07) is 18.1. The normalized spacial score (nSPS) is 11.1. The molecule has 0 aliphatic rings. The van der Waals surface area contributed by atoms with Crippen LogP contribution in [0.25, 0.3) is 0 Å². The zero-order chi connectivity index (χ0) is 25.3. The molecule has 0 aliphatic heterocycles. The lowest BCUT2D eigenvalue weighted by atomic mass is 10.1. The summed E-state index contributed by atoms with van der Waals surface area (Å²) in [5, 5.41) is 3.13. The van der Waals surface area contributed by atoms with Gasteiger partial charge in [-0.3, -0.25) is 9.52 Å². The van der Waals surface area contributed by atoms with E-state index in [1.807, 2.05) is 24.3 Å². The zero-order valence-corrected chi connectivity index (χ0v) is 21.3. The van der Waals surface area contributed by atoms with Gasteiger partial charge in [-0.05, 0) is 73.0 Å². The van der Waals surface area contributed by atoms with E-state index in [4.69, 9.17) is 21.1 Å². The van der Waals surface area contributed by atoms with Gasteiger partial charge in [-0.25, -0.2) is 8.42 Å². The van der Waals surface area contributed by atoms with E-state index < -0.39 is 15.9 Å². The number of hydrogen-bond acceptors (Lipinski definition) is 5. The first-order valence-electron chi connectivity index (χ1n) is 11.3. The maximum atomic E-state index is 13.0. The van der Waals surface area contributed by atoms with Gasteiger partial charge < -0.3 is 14.8 Å². The molecular formula is C26H29ClN2O5S. The maximum absolute atomic E-state index is 13.0. The van der Waals surface area contributed by atoms with Crippen molar-refractivity contribution in [1.82, 2.24) is 5.32 Å². The Balaban J connectivity index is 1.68. The molecule has 186 valence electrons. The van der Waals surface area contributed by atoms with Crippen LogP contribution >= 0.6 is 11.6 Å². The van der Waals surface area contributed by atoms with Crippen LogP contribution in [-0.2, 0) is 16.4 Å². The van der Waals surface area contributed by atoms with Crippen molar-refractivity contribution in [2.45, 2.75) is 31.1 Å². The fourth-order valence-electron chi connectivity index (χ4n) is 3.26. The second-order valence-corrected chi connectivity index (χ2v) is 9.94. The van der Waals surface area contributed by atoms with Crippen molar-refractivity contribution in [3.8, 4) is 11.5 Å². The van der Waals surface area contributed by atoms with Crippen molar-refractivity contribution < 1.29 is 22.7 Å². The highest BCUT2D eigenvalue weighted by atomic mass is 35.5. The van der Waals surface area contributed by atoms with Crippen LogP contribution in [0, 0.1) is 0 Å². The van der Waals surface area contributed by atoms with Crippen LogP contribution < -0.4 is 19.5 Å². The molecule has 0 aromatic heterocycles. The van der Waals surface area contributed by atoms with Crippen LogP contribution in [0.3, 0.4) is 0 Å². The summed E-state index contributed by atoms with van der Waals surface area (Å²) in [6.07, 6.45) is 2.53. The molecule has 0 spiro atoms. The van der Waals surface area contributed by atoms with Gasteiger partial charge in [0.05, 0.1) is 29.9 Å². The minimum absolute atomic E-state index is 0.0474. The number of anilines is 1. The van der Waals surface area contributed by atoms with Gasteiger partial charge >= 0.3 is 0 Å². The molecule has 2 N–H and O–H groups in total.